The first kappa shape index (κ1) is 16.8. The van der Waals surface area contributed by atoms with Gasteiger partial charge in [0.2, 0.25) is 5.76 Å². The molecule has 142 valence electrons. The molecule has 3 heterocycles. The predicted molar refractivity (Wildman–Crippen MR) is 97.0 cm³/mol. The van der Waals surface area contributed by atoms with Crippen LogP contribution in [0.25, 0.3) is 0 Å². The number of hydrogen-bond acceptors (Lipinski definition) is 5. The van der Waals surface area contributed by atoms with Gasteiger partial charge in [0.25, 0.3) is 5.91 Å². The molecule has 1 aromatic rings. The lowest BCUT2D eigenvalue weighted by Crippen LogP contribution is -2.78. The molecule has 1 amide bonds. The Bertz CT molecular complexity index is 817. The van der Waals surface area contributed by atoms with Gasteiger partial charge in [-0.2, -0.15) is 0 Å². The quantitative estimate of drug-likeness (QED) is 0.767. The fraction of sp³-hybridized carbons (Fsp3) is 0.524. The number of likely N-dealkylation sites (tertiary alicyclic amines) is 1. The van der Waals surface area contributed by atoms with Crippen molar-refractivity contribution in [2.75, 3.05) is 20.2 Å². The summed E-state index contributed by atoms with van der Waals surface area (Å²) < 4.78 is 4.88. The topological polar surface area (TPSA) is 59.1 Å². The van der Waals surface area contributed by atoms with E-state index < -0.39 is 11.5 Å². The number of carbonyl (C=O) groups is 2. The van der Waals surface area contributed by atoms with Gasteiger partial charge in [0, 0.05) is 19.0 Å². The molecule has 3 aliphatic heterocycles. The lowest BCUT2D eigenvalue weighted by Gasteiger charge is -2.62. The van der Waals surface area contributed by atoms with E-state index >= 15 is 0 Å². The highest BCUT2D eigenvalue weighted by atomic mass is 16.7. The van der Waals surface area contributed by atoms with E-state index in [4.69, 9.17) is 9.57 Å². The number of hydroxylamine groups is 2. The third-order valence-corrected chi connectivity index (χ3v) is 6.77. The minimum Gasteiger partial charge on any atom is -0.463 e. The zero-order chi connectivity index (χ0) is 18.6. The Kier molecular flexibility index (Phi) is 3.63. The van der Waals surface area contributed by atoms with Crippen LogP contribution in [0, 0.1) is 5.92 Å². The number of nitrogens with zero attached hydrogens (tertiary/aromatic N) is 2. The summed E-state index contributed by atoms with van der Waals surface area (Å²) in [6.45, 7) is 1.58. The van der Waals surface area contributed by atoms with Gasteiger partial charge in [-0.25, -0.2) is 4.79 Å². The minimum absolute atomic E-state index is 0.0997. The summed E-state index contributed by atoms with van der Waals surface area (Å²) in [5, 5.41) is 1.82. The van der Waals surface area contributed by atoms with Crippen LogP contribution in [0.3, 0.4) is 0 Å². The van der Waals surface area contributed by atoms with Crippen molar-refractivity contribution in [1.29, 1.82) is 0 Å². The lowest BCUT2D eigenvalue weighted by atomic mass is 9.59. The Morgan fingerprint density at radius 2 is 1.89 bits per heavy atom. The molecule has 1 spiro atoms. The molecule has 0 aromatic heterocycles. The Morgan fingerprint density at radius 3 is 2.59 bits per heavy atom. The monoisotopic (exact) mass is 368 g/mol. The normalized spacial score (nSPS) is 34.3. The first-order valence-electron chi connectivity index (χ1n) is 9.79. The standard InChI is InChI=1S/C21H24N2O4/c1-26-18(24)16-14-20-11-7-10-17(20)21(23(20)27-16,15-8-3-2-4-9-15)19(25)22-12-5-6-13-22/h2-4,8-9,14,17H,5-7,10-13H2,1H3/t17-,20-,21-/m0/s1. The zero-order valence-electron chi connectivity index (χ0n) is 15.5. The lowest BCUT2D eigenvalue weighted by molar-refractivity contribution is -0.319. The van der Waals surface area contributed by atoms with Crippen molar-refractivity contribution in [2.45, 2.75) is 43.2 Å². The Balaban J connectivity index is 1.63. The summed E-state index contributed by atoms with van der Waals surface area (Å²) in [4.78, 5) is 34.0. The number of benzene rings is 1. The molecule has 3 atom stereocenters. The summed E-state index contributed by atoms with van der Waals surface area (Å²) in [5.41, 5.74) is -0.299. The maximum atomic E-state index is 13.8. The molecule has 1 aliphatic carbocycles. The van der Waals surface area contributed by atoms with E-state index in [0.717, 1.165) is 50.8 Å². The molecule has 6 nitrogen and oxygen atoms in total. The van der Waals surface area contributed by atoms with Crippen molar-refractivity contribution in [2.24, 2.45) is 5.92 Å². The Labute approximate surface area is 158 Å². The van der Waals surface area contributed by atoms with Crippen LogP contribution in [0.1, 0.15) is 37.7 Å². The number of carbonyl (C=O) groups excluding carboxylic acids is 2. The number of amides is 1. The van der Waals surface area contributed by atoms with Crippen LogP contribution < -0.4 is 0 Å². The molecule has 0 N–H and O–H groups in total. The molecular weight excluding hydrogens is 344 g/mol. The summed E-state index contributed by atoms with van der Waals surface area (Å²) in [7, 11) is 1.35. The molecule has 0 bridgehead atoms. The average molecular weight is 368 g/mol. The van der Waals surface area contributed by atoms with E-state index in [-0.39, 0.29) is 23.1 Å². The molecule has 0 unspecified atom stereocenters. The minimum atomic E-state index is -0.867. The number of methoxy groups -OCH3 is 1. The highest BCUT2D eigenvalue weighted by Crippen LogP contribution is 2.67. The second-order valence-electron chi connectivity index (χ2n) is 7.95. The van der Waals surface area contributed by atoms with E-state index in [1.54, 1.807) is 0 Å². The summed E-state index contributed by atoms with van der Waals surface area (Å²) in [6.07, 6.45) is 6.82. The van der Waals surface area contributed by atoms with Crippen LogP contribution >= 0.6 is 0 Å². The second-order valence-corrected chi connectivity index (χ2v) is 7.95. The van der Waals surface area contributed by atoms with Gasteiger partial charge < -0.3 is 14.5 Å². The van der Waals surface area contributed by atoms with Gasteiger partial charge in [-0.3, -0.25) is 4.79 Å². The van der Waals surface area contributed by atoms with E-state index in [0.29, 0.717) is 0 Å². The van der Waals surface area contributed by atoms with E-state index in [1.807, 2.05) is 46.4 Å². The summed E-state index contributed by atoms with van der Waals surface area (Å²) >= 11 is 0. The number of esters is 1. The predicted octanol–water partition coefficient (Wildman–Crippen LogP) is 2.36. The van der Waals surface area contributed by atoms with Gasteiger partial charge >= 0.3 is 5.97 Å². The highest BCUT2D eigenvalue weighted by Gasteiger charge is 2.78. The van der Waals surface area contributed by atoms with Gasteiger partial charge in [0.05, 0.1) is 12.6 Å². The first-order valence-corrected chi connectivity index (χ1v) is 9.79. The molecule has 5 rings (SSSR count). The van der Waals surface area contributed by atoms with Gasteiger partial charge in [-0.05, 0) is 37.3 Å². The van der Waals surface area contributed by atoms with Crippen molar-refractivity contribution in [1.82, 2.24) is 9.96 Å². The largest absolute Gasteiger partial charge is 0.463 e. The maximum absolute atomic E-state index is 13.8. The smallest absolute Gasteiger partial charge is 0.375 e. The molecule has 4 aliphatic rings. The van der Waals surface area contributed by atoms with Crippen molar-refractivity contribution in [3.05, 3.63) is 47.7 Å². The SMILES string of the molecule is COC(=O)C1=C[C@@]23CCC[C@@H]2[C@](C(=O)N2CCCC2)(c2ccccc2)N3O1. The Hall–Kier alpha value is -2.34. The van der Waals surface area contributed by atoms with Crippen molar-refractivity contribution in [3.63, 3.8) is 0 Å². The zero-order valence-corrected chi connectivity index (χ0v) is 15.5. The first-order chi connectivity index (χ1) is 13.1. The fourth-order valence-electron chi connectivity index (χ4n) is 5.70. The molecule has 0 radical (unpaired) electrons. The number of rotatable bonds is 3. The van der Waals surface area contributed by atoms with Crippen LogP contribution in [0.15, 0.2) is 42.2 Å². The summed E-state index contributed by atoms with van der Waals surface area (Å²) in [5.74, 6) is -0.0765. The molecule has 1 saturated carbocycles. The molecule has 2 saturated heterocycles. The van der Waals surface area contributed by atoms with Gasteiger partial charge in [0.1, 0.15) is 0 Å². The highest BCUT2D eigenvalue weighted by molar-refractivity contribution is 5.92. The Morgan fingerprint density at radius 1 is 1.15 bits per heavy atom. The fourth-order valence-corrected chi connectivity index (χ4v) is 5.70. The van der Waals surface area contributed by atoms with Crippen LogP contribution in [-0.4, -0.2) is 47.6 Å². The molecule has 1 aromatic carbocycles. The van der Waals surface area contributed by atoms with Crippen molar-refractivity contribution >= 4 is 11.9 Å². The van der Waals surface area contributed by atoms with E-state index in [9.17, 15) is 9.59 Å². The molecular formula is C21H24N2O4. The van der Waals surface area contributed by atoms with Crippen molar-refractivity contribution in [3.8, 4) is 0 Å². The summed E-state index contributed by atoms with van der Waals surface area (Å²) in [6, 6.07) is 9.91. The van der Waals surface area contributed by atoms with Crippen LogP contribution in [0.4, 0.5) is 0 Å². The molecule has 3 fully saturated rings. The van der Waals surface area contributed by atoms with Gasteiger partial charge in [0.15, 0.2) is 5.54 Å². The van der Waals surface area contributed by atoms with Crippen LogP contribution in [-0.2, 0) is 24.7 Å². The second kappa shape index (κ2) is 5.83. The van der Waals surface area contributed by atoms with Crippen molar-refractivity contribution < 1.29 is 19.2 Å². The third kappa shape index (κ3) is 1.99. The van der Waals surface area contributed by atoms with Gasteiger partial charge in [-0.1, -0.05) is 36.8 Å². The van der Waals surface area contributed by atoms with E-state index in [1.165, 1.54) is 7.11 Å². The average Bonchev–Trinajstić information content (AvgIpc) is 3.43. The van der Waals surface area contributed by atoms with E-state index in [2.05, 4.69) is 0 Å². The molecule has 27 heavy (non-hydrogen) atoms. The van der Waals surface area contributed by atoms with Crippen LogP contribution in [0.5, 0.6) is 0 Å². The van der Waals surface area contributed by atoms with Crippen LogP contribution in [0.2, 0.25) is 0 Å². The number of ether oxygens (including phenoxy) is 1. The number of hydrogen-bond donors (Lipinski definition) is 0. The van der Waals surface area contributed by atoms with Gasteiger partial charge in [-0.15, -0.1) is 5.06 Å². The third-order valence-electron chi connectivity index (χ3n) is 6.77. The molecule has 6 heteroatoms. The maximum Gasteiger partial charge on any atom is 0.375 e.